The maximum atomic E-state index is 12.2. The van der Waals surface area contributed by atoms with Gasteiger partial charge in [0.2, 0.25) is 0 Å². The van der Waals surface area contributed by atoms with Crippen LogP contribution in [0.5, 0.6) is 0 Å². The smallest absolute Gasteiger partial charge is 0.168 e. The summed E-state index contributed by atoms with van der Waals surface area (Å²) in [6.45, 7) is 6.11. The van der Waals surface area contributed by atoms with Crippen LogP contribution in [0.3, 0.4) is 0 Å². The number of aryl methyl sites for hydroxylation is 3. The molecule has 0 aliphatic heterocycles. The average molecular weight is 244 g/mol. The standard InChI is InChI=1S/C15H16OS/c1-10-5-4-6-13(7-10)9-15(16)14-8-11(2)17-12(14)3/h4-8H,9H2,1-3H3. The minimum atomic E-state index is 0.220. The fourth-order valence-corrected chi connectivity index (χ4v) is 2.95. The van der Waals surface area contributed by atoms with E-state index in [1.807, 2.05) is 45.0 Å². The number of hydrogen-bond acceptors (Lipinski definition) is 2. The molecular formula is C15H16OS. The number of rotatable bonds is 3. The van der Waals surface area contributed by atoms with E-state index in [1.54, 1.807) is 11.3 Å². The van der Waals surface area contributed by atoms with E-state index in [0.29, 0.717) is 6.42 Å². The van der Waals surface area contributed by atoms with Crippen LogP contribution in [0.1, 0.15) is 31.2 Å². The molecule has 0 spiro atoms. The molecule has 1 aromatic carbocycles. The summed E-state index contributed by atoms with van der Waals surface area (Å²) in [5.74, 6) is 0.220. The summed E-state index contributed by atoms with van der Waals surface area (Å²) in [6.07, 6.45) is 0.499. The lowest BCUT2D eigenvalue weighted by Crippen LogP contribution is -2.03. The van der Waals surface area contributed by atoms with Gasteiger partial charge >= 0.3 is 0 Å². The molecule has 0 amide bonds. The molecule has 1 aromatic heterocycles. The van der Waals surface area contributed by atoms with Gasteiger partial charge in [0, 0.05) is 21.7 Å². The van der Waals surface area contributed by atoms with Crippen molar-refractivity contribution in [2.75, 3.05) is 0 Å². The molecule has 88 valence electrons. The summed E-state index contributed by atoms with van der Waals surface area (Å²) >= 11 is 1.69. The van der Waals surface area contributed by atoms with Crippen LogP contribution in [0, 0.1) is 20.8 Å². The molecule has 1 heterocycles. The highest BCUT2D eigenvalue weighted by Crippen LogP contribution is 2.22. The van der Waals surface area contributed by atoms with Crippen molar-refractivity contribution in [2.24, 2.45) is 0 Å². The molecule has 0 bridgehead atoms. The number of carbonyl (C=O) groups excluding carboxylic acids is 1. The Morgan fingerprint density at radius 1 is 1.18 bits per heavy atom. The predicted octanol–water partition coefficient (Wildman–Crippen LogP) is 4.10. The molecule has 0 fully saturated rings. The van der Waals surface area contributed by atoms with Gasteiger partial charge < -0.3 is 0 Å². The summed E-state index contributed by atoms with van der Waals surface area (Å²) in [6, 6.07) is 10.1. The Balaban J connectivity index is 2.20. The molecule has 0 radical (unpaired) electrons. The van der Waals surface area contributed by atoms with Gasteiger partial charge in [0.1, 0.15) is 0 Å². The summed E-state index contributed by atoms with van der Waals surface area (Å²) in [5.41, 5.74) is 3.18. The van der Waals surface area contributed by atoms with Gasteiger partial charge in [-0.15, -0.1) is 11.3 Å². The van der Waals surface area contributed by atoms with Gasteiger partial charge in [-0.1, -0.05) is 29.8 Å². The number of Topliss-reactive ketones (excluding diaryl/α,β-unsaturated/α-hetero) is 1. The molecule has 2 heteroatoms. The van der Waals surface area contributed by atoms with Crippen LogP contribution in [0.15, 0.2) is 30.3 Å². The van der Waals surface area contributed by atoms with Crippen LogP contribution in [0.25, 0.3) is 0 Å². The van der Waals surface area contributed by atoms with Gasteiger partial charge in [-0.05, 0) is 32.4 Å². The van der Waals surface area contributed by atoms with Gasteiger partial charge in [-0.3, -0.25) is 4.79 Å². The zero-order valence-corrected chi connectivity index (χ0v) is 11.2. The van der Waals surface area contributed by atoms with Crippen molar-refractivity contribution in [3.05, 3.63) is 56.8 Å². The summed E-state index contributed by atoms with van der Waals surface area (Å²) < 4.78 is 0. The van der Waals surface area contributed by atoms with Crippen LogP contribution in [0.4, 0.5) is 0 Å². The lowest BCUT2D eigenvalue weighted by molar-refractivity contribution is 0.0993. The molecule has 17 heavy (non-hydrogen) atoms. The van der Waals surface area contributed by atoms with E-state index >= 15 is 0 Å². The average Bonchev–Trinajstić information content (AvgIpc) is 2.58. The highest BCUT2D eigenvalue weighted by Gasteiger charge is 2.12. The minimum Gasteiger partial charge on any atom is -0.294 e. The monoisotopic (exact) mass is 244 g/mol. The second-order valence-electron chi connectivity index (χ2n) is 4.42. The molecule has 0 atom stereocenters. The topological polar surface area (TPSA) is 17.1 Å². The van der Waals surface area contributed by atoms with Crippen LogP contribution in [-0.4, -0.2) is 5.78 Å². The number of carbonyl (C=O) groups is 1. The summed E-state index contributed by atoms with van der Waals surface area (Å²) in [5, 5.41) is 0. The van der Waals surface area contributed by atoms with Crippen molar-refractivity contribution in [1.82, 2.24) is 0 Å². The fraction of sp³-hybridized carbons (Fsp3) is 0.267. The van der Waals surface area contributed by atoms with E-state index < -0.39 is 0 Å². The Labute approximate surface area is 106 Å². The van der Waals surface area contributed by atoms with E-state index in [1.165, 1.54) is 10.4 Å². The number of hydrogen-bond donors (Lipinski definition) is 0. The first-order valence-electron chi connectivity index (χ1n) is 5.72. The molecule has 0 saturated carbocycles. The first-order chi connectivity index (χ1) is 8.06. The number of benzene rings is 1. The lowest BCUT2D eigenvalue weighted by Gasteiger charge is -2.02. The Kier molecular flexibility index (Phi) is 3.43. The van der Waals surface area contributed by atoms with Crippen LogP contribution in [0.2, 0.25) is 0 Å². The lowest BCUT2D eigenvalue weighted by atomic mass is 10.0. The van der Waals surface area contributed by atoms with Gasteiger partial charge in [-0.25, -0.2) is 0 Å². The Hall–Kier alpha value is -1.41. The summed E-state index contributed by atoms with van der Waals surface area (Å²) in [7, 11) is 0. The maximum absolute atomic E-state index is 12.2. The predicted molar refractivity (Wildman–Crippen MR) is 73.0 cm³/mol. The summed E-state index contributed by atoms with van der Waals surface area (Å²) in [4.78, 5) is 14.5. The number of ketones is 1. The van der Waals surface area contributed by atoms with E-state index in [4.69, 9.17) is 0 Å². The largest absolute Gasteiger partial charge is 0.294 e. The first-order valence-corrected chi connectivity index (χ1v) is 6.53. The van der Waals surface area contributed by atoms with Crippen LogP contribution < -0.4 is 0 Å². The molecule has 0 saturated heterocycles. The molecule has 0 unspecified atom stereocenters. The normalized spacial score (nSPS) is 10.5. The van der Waals surface area contributed by atoms with Crippen molar-refractivity contribution in [2.45, 2.75) is 27.2 Å². The molecule has 1 nitrogen and oxygen atoms in total. The Morgan fingerprint density at radius 3 is 2.53 bits per heavy atom. The third-order valence-corrected chi connectivity index (χ3v) is 3.75. The van der Waals surface area contributed by atoms with Gasteiger partial charge in [-0.2, -0.15) is 0 Å². The second kappa shape index (κ2) is 4.84. The van der Waals surface area contributed by atoms with E-state index in [-0.39, 0.29) is 5.78 Å². The highest BCUT2D eigenvalue weighted by atomic mass is 32.1. The Bertz CT molecular complexity index is 552. The fourth-order valence-electron chi connectivity index (χ4n) is 2.01. The molecule has 2 rings (SSSR count). The molecular weight excluding hydrogens is 228 g/mol. The third-order valence-electron chi connectivity index (χ3n) is 2.79. The minimum absolute atomic E-state index is 0.220. The SMILES string of the molecule is Cc1cccc(CC(=O)c2cc(C)sc2C)c1. The molecule has 2 aromatic rings. The van der Waals surface area contributed by atoms with Gasteiger partial charge in [0.25, 0.3) is 0 Å². The van der Waals surface area contributed by atoms with Crippen molar-refractivity contribution >= 4 is 17.1 Å². The molecule has 0 N–H and O–H groups in total. The maximum Gasteiger partial charge on any atom is 0.168 e. The van der Waals surface area contributed by atoms with Crippen LogP contribution >= 0.6 is 11.3 Å². The molecule has 0 aliphatic carbocycles. The molecule has 0 aliphatic rings. The van der Waals surface area contributed by atoms with Crippen molar-refractivity contribution in [3.8, 4) is 0 Å². The zero-order valence-electron chi connectivity index (χ0n) is 10.4. The first kappa shape index (κ1) is 12.1. The Morgan fingerprint density at radius 2 is 1.94 bits per heavy atom. The van der Waals surface area contributed by atoms with Gasteiger partial charge in [0.15, 0.2) is 5.78 Å². The van der Waals surface area contributed by atoms with Crippen molar-refractivity contribution in [3.63, 3.8) is 0 Å². The highest BCUT2D eigenvalue weighted by molar-refractivity contribution is 7.12. The number of thiophene rings is 1. The van der Waals surface area contributed by atoms with Crippen molar-refractivity contribution < 1.29 is 4.79 Å². The van der Waals surface area contributed by atoms with Gasteiger partial charge in [0.05, 0.1) is 0 Å². The quantitative estimate of drug-likeness (QED) is 0.743. The van der Waals surface area contributed by atoms with E-state index in [0.717, 1.165) is 16.0 Å². The van der Waals surface area contributed by atoms with E-state index in [9.17, 15) is 4.79 Å². The van der Waals surface area contributed by atoms with Crippen LogP contribution in [-0.2, 0) is 6.42 Å². The zero-order chi connectivity index (χ0) is 12.4. The second-order valence-corrected chi connectivity index (χ2v) is 5.88. The van der Waals surface area contributed by atoms with E-state index in [2.05, 4.69) is 6.07 Å². The van der Waals surface area contributed by atoms with Crippen molar-refractivity contribution in [1.29, 1.82) is 0 Å². The third kappa shape index (κ3) is 2.83.